The summed E-state index contributed by atoms with van der Waals surface area (Å²) in [6.07, 6.45) is 3.46. The van der Waals surface area contributed by atoms with Gasteiger partial charge in [-0.05, 0) is 35.2 Å². The predicted octanol–water partition coefficient (Wildman–Crippen LogP) is 1.10. The van der Waals surface area contributed by atoms with Crippen molar-refractivity contribution < 1.29 is 14.4 Å². The molecule has 0 spiro atoms. The van der Waals surface area contributed by atoms with Gasteiger partial charge in [0, 0.05) is 50.3 Å². The number of nitrogens with one attached hydrogen (secondary N) is 3. The van der Waals surface area contributed by atoms with Crippen LogP contribution in [0.2, 0.25) is 0 Å². The molecule has 1 saturated heterocycles. The van der Waals surface area contributed by atoms with E-state index in [4.69, 9.17) is 0 Å². The Morgan fingerprint density at radius 2 is 2.03 bits per heavy atom. The van der Waals surface area contributed by atoms with E-state index in [1.54, 1.807) is 4.90 Å². The molecule has 3 aliphatic heterocycles. The van der Waals surface area contributed by atoms with Crippen LogP contribution >= 0.6 is 0 Å². The van der Waals surface area contributed by atoms with Gasteiger partial charge in [-0.25, -0.2) is 0 Å². The number of hydrogen-bond donors (Lipinski definition) is 3. The standard InChI is InChI=1S/C22H23N5O3/c28-20-4-3-19(21(29)26-20)27-12-15-7-13(1-2-17(15)22(27)30)9-24-16-8-14-10-23-6-5-18(14)25-11-16/h1-2,7-8,11,19,23-24H,3-6,9-10,12H2,(H,26,28,29). The maximum absolute atomic E-state index is 12.8. The maximum atomic E-state index is 12.8. The summed E-state index contributed by atoms with van der Waals surface area (Å²) in [6, 6.07) is 7.33. The molecule has 2 aromatic rings. The molecular formula is C22H23N5O3. The Kier molecular flexibility index (Phi) is 4.71. The van der Waals surface area contributed by atoms with E-state index in [0.29, 0.717) is 25.1 Å². The van der Waals surface area contributed by atoms with E-state index in [-0.39, 0.29) is 24.1 Å². The van der Waals surface area contributed by atoms with Crippen molar-refractivity contribution >= 4 is 23.4 Å². The summed E-state index contributed by atoms with van der Waals surface area (Å²) in [5.74, 6) is -0.810. The molecule has 1 aromatic heterocycles. The van der Waals surface area contributed by atoms with Crippen molar-refractivity contribution in [2.24, 2.45) is 0 Å². The topological polar surface area (TPSA) is 103 Å². The summed E-state index contributed by atoms with van der Waals surface area (Å²) in [5.41, 5.74) is 5.96. The molecular weight excluding hydrogens is 382 g/mol. The lowest BCUT2D eigenvalue weighted by Gasteiger charge is -2.29. The van der Waals surface area contributed by atoms with Crippen LogP contribution in [-0.2, 0) is 35.6 Å². The molecule has 4 heterocycles. The molecule has 8 heteroatoms. The van der Waals surface area contributed by atoms with Crippen molar-refractivity contribution in [2.75, 3.05) is 11.9 Å². The van der Waals surface area contributed by atoms with E-state index in [9.17, 15) is 14.4 Å². The zero-order chi connectivity index (χ0) is 20.7. The zero-order valence-corrected chi connectivity index (χ0v) is 16.5. The lowest BCUT2D eigenvalue weighted by atomic mass is 10.0. The molecule has 1 unspecified atom stereocenters. The first-order valence-corrected chi connectivity index (χ1v) is 10.3. The molecule has 1 fully saturated rings. The predicted molar refractivity (Wildman–Crippen MR) is 109 cm³/mol. The number of hydrogen-bond acceptors (Lipinski definition) is 6. The summed E-state index contributed by atoms with van der Waals surface area (Å²) in [7, 11) is 0. The highest BCUT2D eigenvalue weighted by atomic mass is 16.2. The third-order valence-corrected chi connectivity index (χ3v) is 6.00. The molecule has 30 heavy (non-hydrogen) atoms. The molecule has 0 aliphatic carbocycles. The fourth-order valence-corrected chi connectivity index (χ4v) is 4.39. The van der Waals surface area contributed by atoms with Gasteiger partial charge >= 0.3 is 0 Å². The van der Waals surface area contributed by atoms with Gasteiger partial charge in [0.2, 0.25) is 11.8 Å². The first-order valence-electron chi connectivity index (χ1n) is 10.3. The van der Waals surface area contributed by atoms with E-state index in [1.165, 1.54) is 5.56 Å². The Bertz CT molecular complexity index is 1050. The largest absolute Gasteiger partial charge is 0.380 e. The molecule has 3 aliphatic rings. The second kappa shape index (κ2) is 7.53. The lowest BCUT2D eigenvalue weighted by Crippen LogP contribution is -2.52. The molecule has 3 N–H and O–H groups in total. The second-order valence-corrected chi connectivity index (χ2v) is 8.00. The van der Waals surface area contributed by atoms with Crippen LogP contribution in [0, 0.1) is 0 Å². The average molecular weight is 405 g/mol. The van der Waals surface area contributed by atoms with E-state index in [0.717, 1.165) is 42.0 Å². The third-order valence-electron chi connectivity index (χ3n) is 6.00. The van der Waals surface area contributed by atoms with Crippen molar-refractivity contribution in [3.63, 3.8) is 0 Å². The van der Waals surface area contributed by atoms with Crippen molar-refractivity contribution in [2.45, 2.75) is 44.9 Å². The summed E-state index contributed by atoms with van der Waals surface area (Å²) < 4.78 is 0. The minimum Gasteiger partial charge on any atom is -0.380 e. The van der Waals surface area contributed by atoms with Gasteiger partial charge in [-0.3, -0.25) is 24.7 Å². The highest BCUT2D eigenvalue weighted by molar-refractivity contribution is 6.05. The number of aromatic nitrogens is 1. The smallest absolute Gasteiger partial charge is 0.255 e. The van der Waals surface area contributed by atoms with Crippen LogP contribution in [-0.4, -0.2) is 40.2 Å². The first kappa shape index (κ1) is 18.7. The Morgan fingerprint density at radius 3 is 2.90 bits per heavy atom. The highest BCUT2D eigenvalue weighted by Crippen LogP contribution is 2.28. The lowest BCUT2D eigenvalue weighted by molar-refractivity contribution is -0.136. The van der Waals surface area contributed by atoms with E-state index in [2.05, 4.69) is 27.0 Å². The van der Waals surface area contributed by atoms with Crippen LogP contribution in [0.4, 0.5) is 5.69 Å². The number of imide groups is 1. The number of fused-ring (bicyclic) bond motifs is 2. The Hall–Kier alpha value is -3.26. The van der Waals surface area contributed by atoms with E-state index < -0.39 is 6.04 Å². The molecule has 1 aromatic carbocycles. The van der Waals surface area contributed by atoms with Gasteiger partial charge in [-0.1, -0.05) is 12.1 Å². The number of rotatable bonds is 4. The van der Waals surface area contributed by atoms with Gasteiger partial charge in [-0.2, -0.15) is 0 Å². The average Bonchev–Trinajstić information content (AvgIpc) is 3.08. The van der Waals surface area contributed by atoms with Crippen LogP contribution in [0.25, 0.3) is 0 Å². The normalized spacial score (nSPS) is 20.6. The number of carbonyl (C=O) groups excluding carboxylic acids is 3. The van der Waals surface area contributed by atoms with Crippen molar-refractivity contribution in [3.8, 4) is 0 Å². The molecule has 5 rings (SSSR count). The van der Waals surface area contributed by atoms with E-state index in [1.807, 2.05) is 24.4 Å². The van der Waals surface area contributed by atoms with Gasteiger partial charge in [0.15, 0.2) is 0 Å². The SMILES string of the molecule is O=C1CCC(N2Cc3cc(CNc4cnc5c(c4)CNCC5)ccc3C2=O)C(=O)N1. The van der Waals surface area contributed by atoms with Crippen LogP contribution < -0.4 is 16.0 Å². The van der Waals surface area contributed by atoms with Crippen molar-refractivity contribution in [1.82, 2.24) is 20.5 Å². The first-order chi connectivity index (χ1) is 14.6. The van der Waals surface area contributed by atoms with Crippen LogP contribution in [0.15, 0.2) is 30.5 Å². The molecule has 3 amide bonds. The quantitative estimate of drug-likeness (QED) is 0.659. The summed E-state index contributed by atoms with van der Waals surface area (Å²) in [4.78, 5) is 42.5. The van der Waals surface area contributed by atoms with Crippen LogP contribution in [0.3, 0.4) is 0 Å². The summed E-state index contributed by atoms with van der Waals surface area (Å²) in [6.45, 7) is 2.82. The van der Waals surface area contributed by atoms with Gasteiger partial charge in [0.05, 0.1) is 11.9 Å². The molecule has 8 nitrogen and oxygen atoms in total. The fourth-order valence-electron chi connectivity index (χ4n) is 4.39. The third kappa shape index (κ3) is 3.43. The summed E-state index contributed by atoms with van der Waals surface area (Å²) in [5, 5.41) is 9.10. The van der Waals surface area contributed by atoms with Crippen molar-refractivity contribution in [1.29, 1.82) is 0 Å². The van der Waals surface area contributed by atoms with Gasteiger partial charge in [0.25, 0.3) is 5.91 Å². The number of carbonyl (C=O) groups is 3. The number of anilines is 1. The minimum absolute atomic E-state index is 0.148. The van der Waals surface area contributed by atoms with Crippen molar-refractivity contribution in [3.05, 3.63) is 58.4 Å². The van der Waals surface area contributed by atoms with E-state index >= 15 is 0 Å². The molecule has 154 valence electrons. The Balaban J connectivity index is 1.27. The Morgan fingerprint density at radius 1 is 1.13 bits per heavy atom. The molecule has 0 saturated carbocycles. The fraction of sp³-hybridized carbons (Fsp3) is 0.364. The van der Waals surface area contributed by atoms with Crippen LogP contribution in [0.1, 0.15) is 45.6 Å². The number of benzene rings is 1. The number of pyridine rings is 1. The minimum atomic E-state index is -0.584. The number of piperidine rings is 1. The Labute approximate surface area is 174 Å². The monoisotopic (exact) mass is 405 g/mol. The number of nitrogens with zero attached hydrogens (tertiary/aromatic N) is 2. The van der Waals surface area contributed by atoms with Gasteiger partial charge < -0.3 is 15.5 Å². The van der Waals surface area contributed by atoms with Crippen LogP contribution in [0.5, 0.6) is 0 Å². The number of amides is 3. The molecule has 0 bridgehead atoms. The molecule has 0 radical (unpaired) electrons. The second-order valence-electron chi connectivity index (χ2n) is 8.00. The maximum Gasteiger partial charge on any atom is 0.255 e. The molecule has 1 atom stereocenters. The highest BCUT2D eigenvalue weighted by Gasteiger charge is 2.39. The van der Waals surface area contributed by atoms with Gasteiger partial charge in [0.1, 0.15) is 6.04 Å². The van der Waals surface area contributed by atoms with Gasteiger partial charge in [-0.15, -0.1) is 0 Å². The zero-order valence-electron chi connectivity index (χ0n) is 16.5. The summed E-state index contributed by atoms with van der Waals surface area (Å²) >= 11 is 0.